The Bertz CT molecular complexity index is 108. The zero-order valence-electron chi connectivity index (χ0n) is 7.16. The van der Waals surface area contributed by atoms with Gasteiger partial charge in [0.2, 0.25) is 0 Å². The maximum atomic E-state index is 9.43. The summed E-state index contributed by atoms with van der Waals surface area (Å²) < 4.78 is 0. The van der Waals surface area contributed by atoms with Crippen LogP contribution in [0, 0.1) is 12.8 Å². The maximum Gasteiger partial charge on any atom is 0.0572 e. The molecular formula is C9H17NO. The van der Waals surface area contributed by atoms with E-state index in [2.05, 4.69) is 11.9 Å². The molecule has 11 heavy (non-hydrogen) atoms. The molecule has 64 valence electrons. The first-order chi connectivity index (χ1) is 5.24. The average Bonchev–Trinajstić information content (AvgIpc) is 2.05. The highest BCUT2D eigenvalue weighted by Gasteiger charge is 2.21. The van der Waals surface area contributed by atoms with Crippen molar-refractivity contribution in [1.82, 2.24) is 4.90 Å². The van der Waals surface area contributed by atoms with Crippen molar-refractivity contribution in [3.8, 4) is 0 Å². The lowest BCUT2D eigenvalue weighted by atomic mass is 9.90. The molecule has 0 aromatic rings. The van der Waals surface area contributed by atoms with Gasteiger partial charge in [-0.15, -0.1) is 0 Å². The summed E-state index contributed by atoms with van der Waals surface area (Å²) in [5, 5.41) is 9.43. The van der Waals surface area contributed by atoms with Crippen molar-refractivity contribution in [3.63, 3.8) is 0 Å². The van der Waals surface area contributed by atoms with Crippen LogP contribution in [-0.4, -0.2) is 36.2 Å². The van der Waals surface area contributed by atoms with E-state index >= 15 is 0 Å². The molecule has 1 rings (SSSR count). The fourth-order valence-electron chi connectivity index (χ4n) is 1.61. The summed E-state index contributed by atoms with van der Waals surface area (Å²) in [6, 6.07) is 0. The predicted molar refractivity (Wildman–Crippen MR) is 45.1 cm³/mol. The summed E-state index contributed by atoms with van der Waals surface area (Å²) in [6.45, 7) is 7.57. The number of rotatable bonds is 2. The Kier molecular flexibility index (Phi) is 3.34. The van der Waals surface area contributed by atoms with Crippen LogP contribution in [0.25, 0.3) is 0 Å². The van der Waals surface area contributed by atoms with E-state index in [9.17, 15) is 5.11 Å². The topological polar surface area (TPSA) is 23.5 Å². The van der Waals surface area contributed by atoms with Crippen LogP contribution in [0.2, 0.25) is 0 Å². The van der Waals surface area contributed by atoms with Crippen LogP contribution in [-0.2, 0) is 0 Å². The summed E-state index contributed by atoms with van der Waals surface area (Å²) in [5.74, 6) is 0.441. The molecule has 2 nitrogen and oxygen atoms in total. The first-order valence-corrected chi connectivity index (χ1v) is 4.30. The molecule has 0 amide bonds. The number of hydrogen-bond donors (Lipinski definition) is 1. The lowest BCUT2D eigenvalue weighted by Gasteiger charge is -2.31. The predicted octanol–water partition coefficient (Wildman–Crippen LogP) is 0.790. The number of piperidine rings is 1. The molecule has 2 radical (unpaired) electrons. The quantitative estimate of drug-likeness (QED) is 0.637. The monoisotopic (exact) mass is 155 g/mol. The minimum atomic E-state index is -0.274. The Morgan fingerprint density at radius 3 is 2.55 bits per heavy atom. The van der Waals surface area contributed by atoms with Crippen LogP contribution in [0.1, 0.15) is 19.3 Å². The molecule has 1 fully saturated rings. The third kappa shape index (κ3) is 2.46. The van der Waals surface area contributed by atoms with Crippen molar-refractivity contribution < 1.29 is 5.11 Å². The second-order valence-electron chi connectivity index (χ2n) is 3.44. The maximum absolute atomic E-state index is 9.43. The molecule has 0 spiro atoms. The van der Waals surface area contributed by atoms with Crippen LogP contribution >= 0.6 is 0 Å². The molecule has 1 atom stereocenters. The summed E-state index contributed by atoms with van der Waals surface area (Å²) in [5.41, 5.74) is 0. The van der Waals surface area contributed by atoms with Gasteiger partial charge in [-0.1, -0.05) is 0 Å². The Balaban J connectivity index is 2.27. The largest absolute Gasteiger partial charge is 0.393 e. The van der Waals surface area contributed by atoms with Gasteiger partial charge < -0.3 is 10.0 Å². The third-order valence-corrected chi connectivity index (χ3v) is 2.55. The van der Waals surface area contributed by atoms with Crippen LogP contribution in [0.15, 0.2) is 0 Å². The average molecular weight is 155 g/mol. The van der Waals surface area contributed by atoms with Gasteiger partial charge >= 0.3 is 0 Å². The summed E-state index contributed by atoms with van der Waals surface area (Å²) in [6.07, 6.45) is 2.32. The zero-order chi connectivity index (χ0) is 8.27. The fourth-order valence-corrected chi connectivity index (χ4v) is 1.61. The molecule has 0 saturated carbocycles. The number of likely N-dealkylation sites (tertiary alicyclic amines) is 1. The third-order valence-electron chi connectivity index (χ3n) is 2.55. The normalized spacial score (nSPS) is 25.4. The van der Waals surface area contributed by atoms with E-state index in [1.165, 1.54) is 0 Å². The lowest BCUT2D eigenvalue weighted by molar-refractivity contribution is 0.0679. The van der Waals surface area contributed by atoms with Crippen molar-refractivity contribution >= 4 is 0 Å². The van der Waals surface area contributed by atoms with Crippen molar-refractivity contribution in [2.24, 2.45) is 5.92 Å². The van der Waals surface area contributed by atoms with Gasteiger partial charge in [-0.2, -0.15) is 0 Å². The number of aliphatic hydroxyl groups excluding tert-OH is 1. The lowest BCUT2D eigenvalue weighted by Crippen LogP contribution is -2.35. The molecule has 1 N–H and O–H groups in total. The van der Waals surface area contributed by atoms with Gasteiger partial charge in [-0.3, -0.25) is 0 Å². The molecule has 1 aliphatic rings. The van der Waals surface area contributed by atoms with Crippen molar-refractivity contribution in [2.45, 2.75) is 25.4 Å². The smallest absolute Gasteiger partial charge is 0.0572 e. The van der Waals surface area contributed by atoms with Crippen molar-refractivity contribution in [2.75, 3.05) is 20.1 Å². The number of nitrogens with zero attached hydrogens (tertiary/aromatic N) is 1. The highest BCUT2D eigenvalue weighted by molar-refractivity contribution is 4.76. The molecule has 0 aromatic heterocycles. The summed E-state index contributed by atoms with van der Waals surface area (Å²) in [4.78, 5) is 2.29. The zero-order valence-corrected chi connectivity index (χ0v) is 7.16. The molecule has 0 bridgehead atoms. The number of aliphatic hydroxyl groups is 1. The van der Waals surface area contributed by atoms with Gasteiger partial charge in [0.25, 0.3) is 0 Å². The van der Waals surface area contributed by atoms with Crippen LogP contribution < -0.4 is 0 Å². The highest BCUT2D eigenvalue weighted by atomic mass is 16.3. The minimum Gasteiger partial charge on any atom is -0.393 e. The van der Waals surface area contributed by atoms with Gasteiger partial charge in [-0.05, 0) is 52.2 Å². The molecule has 1 saturated heterocycles. The summed E-state index contributed by atoms with van der Waals surface area (Å²) in [7, 11) is 2.12. The second kappa shape index (κ2) is 4.07. The molecular weight excluding hydrogens is 138 g/mol. The Hall–Kier alpha value is -0.0800. The van der Waals surface area contributed by atoms with Gasteiger partial charge in [0.1, 0.15) is 0 Å². The van der Waals surface area contributed by atoms with Gasteiger partial charge in [0, 0.05) is 0 Å². The molecule has 0 aromatic carbocycles. The molecule has 1 heterocycles. The van der Waals surface area contributed by atoms with Crippen LogP contribution in [0.4, 0.5) is 0 Å². The van der Waals surface area contributed by atoms with Crippen LogP contribution in [0.5, 0.6) is 0 Å². The van der Waals surface area contributed by atoms with Gasteiger partial charge in [0.05, 0.1) is 6.10 Å². The van der Waals surface area contributed by atoms with Crippen molar-refractivity contribution in [1.29, 1.82) is 0 Å². The SMILES string of the molecule is [CH]CC(O)C1CCN(C)CC1. The Labute approximate surface area is 69.2 Å². The fraction of sp³-hybridized carbons (Fsp3) is 0.889. The van der Waals surface area contributed by atoms with E-state index < -0.39 is 0 Å². The van der Waals surface area contributed by atoms with Crippen LogP contribution in [0.3, 0.4) is 0 Å². The second-order valence-corrected chi connectivity index (χ2v) is 3.44. The molecule has 1 aliphatic heterocycles. The standard InChI is InChI=1S/C9H17NO/c1-3-9(11)8-4-6-10(2)7-5-8/h1,8-9,11H,3-7H2,2H3. The summed E-state index contributed by atoms with van der Waals surface area (Å²) >= 11 is 0. The van der Waals surface area contributed by atoms with E-state index in [1.54, 1.807) is 0 Å². The number of hydrogen-bond acceptors (Lipinski definition) is 2. The minimum absolute atomic E-state index is 0.274. The first kappa shape index (κ1) is 9.01. The Morgan fingerprint density at radius 2 is 2.09 bits per heavy atom. The van der Waals surface area contributed by atoms with E-state index in [1.807, 2.05) is 0 Å². The Morgan fingerprint density at radius 1 is 1.55 bits per heavy atom. The van der Waals surface area contributed by atoms with Gasteiger partial charge in [-0.25, -0.2) is 0 Å². The molecule has 1 unspecified atom stereocenters. The first-order valence-electron chi connectivity index (χ1n) is 4.30. The van der Waals surface area contributed by atoms with E-state index in [0.717, 1.165) is 25.9 Å². The highest BCUT2D eigenvalue weighted by Crippen LogP contribution is 2.20. The van der Waals surface area contributed by atoms with Crippen molar-refractivity contribution in [3.05, 3.63) is 6.92 Å². The molecule has 2 heteroatoms. The van der Waals surface area contributed by atoms with Gasteiger partial charge in [0.15, 0.2) is 0 Å². The molecule has 0 aliphatic carbocycles. The van der Waals surface area contributed by atoms with E-state index in [-0.39, 0.29) is 6.10 Å². The van der Waals surface area contributed by atoms with E-state index in [0.29, 0.717) is 12.3 Å². The van der Waals surface area contributed by atoms with E-state index in [4.69, 9.17) is 6.92 Å².